The number of rotatable bonds is 9. The second-order valence-corrected chi connectivity index (χ2v) is 17.8. The van der Waals surface area contributed by atoms with Crippen LogP contribution in [-0.2, 0) is 10.1 Å². The fourth-order valence-electron chi connectivity index (χ4n) is 8.55. The number of hydrogen-bond donors (Lipinski definition) is 0. The van der Waals surface area contributed by atoms with Gasteiger partial charge in [-0.05, 0) is 101 Å². The second kappa shape index (κ2) is 15.3. The van der Waals surface area contributed by atoms with Crippen LogP contribution in [-0.4, -0.2) is 13.9 Å². The second-order valence-electron chi connectivity index (χ2n) is 15.3. The Morgan fingerprint density at radius 1 is 0.484 bits per heavy atom. The number of alkyl halides is 3. The first-order valence-electron chi connectivity index (χ1n) is 20.3. The standard InChI is InChI=1S/C53H33F3N2O4S2/c54-53(55,56)64(59,60)62-41-32-45-44-31-40(57(36-16-5-1-6-17-36)37-18-7-2-8-19-37)30-43(35-26-27-48-46(29-35)50-42-24-14-13-15-34(42)25-28-49(50)61-48)51(44)63-52(45)47(33-41)58(38-20-9-3-10-21-38)39-22-11-4-12-23-39/h1-33H. The Hall–Kier alpha value is -7.60. The van der Waals surface area contributed by atoms with E-state index in [0.29, 0.717) is 32.5 Å². The molecular weight excluding hydrogens is 850 g/mol. The molecule has 9 aromatic carbocycles. The molecular formula is C53H33F3N2O4S2. The fourth-order valence-corrected chi connectivity index (χ4v) is 10.3. The molecule has 0 N–H and O–H groups in total. The molecule has 0 radical (unpaired) electrons. The van der Waals surface area contributed by atoms with Gasteiger partial charge in [0, 0.05) is 66.3 Å². The van der Waals surface area contributed by atoms with Gasteiger partial charge in [-0.15, -0.1) is 11.3 Å². The van der Waals surface area contributed by atoms with Crippen molar-refractivity contribution in [3.63, 3.8) is 0 Å². The summed E-state index contributed by atoms with van der Waals surface area (Å²) < 4.78 is 80.6. The van der Waals surface area contributed by atoms with Crippen molar-refractivity contribution in [1.29, 1.82) is 0 Å². The minimum atomic E-state index is -6.05. The van der Waals surface area contributed by atoms with E-state index in [1.54, 1.807) is 0 Å². The van der Waals surface area contributed by atoms with Gasteiger partial charge in [0.1, 0.15) is 16.9 Å². The van der Waals surface area contributed by atoms with Crippen LogP contribution in [0.3, 0.4) is 0 Å². The molecule has 312 valence electrons. The summed E-state index contributed by atoms with van der Waals surface area (Å²) in [6, 6.07) is 63.9. The monoisotopic (exact) mass is 882 g/mol. The number of anilines is 6. The summed E-state index contributed by atoms with van der Waals surface area (Å²) in [5.74, 6) is -0.482. The van der Waals surface area contributed by atoms with E-state index in [9.17, 15) is 21.6 Å². The Labute approximate surface area is 369 Å². The normalized spacial score (nSPS) is 12.1. The molecule has 11 heteroatoms. The highest BCUT2D eigenvalue weighted by molar-refractivity contribution is 7.88. The van der Waals surface area contributed by atoms with Crippen LogP contribution < -0.4 is 14.0 Å². The number of nitrogens with zero attached hydrogens (tertiary/aromatic N) is 2. The smallest absolute Gasteiger partial charge is 0.456 e. The Bertz CT molecular complexity index is 3580. The maximum Gasteiger partial charge on any atom is 0.534 e. The first kappa shape index (κ1) is 39.3. The predicted molar refractivity (Wildman–Crippen MR) is 255 cm³/mol. The summed E-state index contributed by atoms with van der Waals surface area (Å²) >= 11 is 1.47. The summed E-state index contributed by atoms with van der Waals surface area (Å²) in [5, 5.41) is 5.25. The third-order valence-corrected chi connectivity index (χ3v) is 13.6. The Morgan fingerprint density at radius 2 is 1.03 bits per heavy atom. The number of thiophene rings is 1. The Balaban J connectivity index is 1.26. The van der Waals surface area contributed by atoms with Gasteiger partial charge >= 0.3 is 15.6 Å². The van der Waals surface area contributed by atoms with Crippen LogP contribution in [0.4, 0.5) is 47.3 Å². The van der Waals surface area contributed by atoms with E-state index < -0.39 is 21.4 Å². The van der Waals surface area contributed by atoms with Gasteiger partial charge in [0.2, 0.25) is 0 Å². The van der Waals surface area contributed by atoms with Crippen molar-refractivity contribution in [1.82, 2.24) is 0 Å². The number of furan rings is 1. The summed E-state index contributed by atoms with van der Waals surface area (Å²) in [5.41, 5.74) is 1.91. The summed E-state index contributed by atoms with van der Waals surface area (Å²) in [6.07, 6.45) is 0. The number of para-hydroxylation sites is 4. The van der Waals surface area contributed by atoms with Crippen molar-refractivity contribution < 1.29 is 30.2 Å². The van der Waals surface area contributed by atoms with Crippen LogP contribution in [0.5, 0.6) is 5.75 Å². The zero-order valence-electron chi connectivity index (χ0n) is 33.5. The van der Waals surface area contributed by atoms with Gasteiger partial charge in [-0.1, -0.05) is 109 Å². The van der Waals surface area contributed by atoms with Gasteiger partial charge in [0.15, 0.2) is 0 Å². The zero-order valence-corrected chi connectivity index (χ0v) is 35.2. The molecule has 0 bridgehead atoms. The Kier molecular flexibility index (Phi) is 9.41. The maximum atomic E-state index is 14.1. The first-order chi connectivity index (χ1) is 31.1. The summed E-state index contributed by atoms with van der Waals surface area (Å²) in [4.78, 5) is 4.03. The molecule has 11 aromatic rings. The highest BCUT2D eigenvalue weighted by atomic mass is 32.2. The van der Waals surface area contributed by atoms with Crippen molar-refractivity contribution in [2.45, 2.75) is 5.51 Å². The largest absolute Gasteiger partial charge is 0.534 e. The highest BCUT2D eigenvalue weighted by Gasteiger charge is 2.48. The molecule has 0 aliphatic carbocycles. The molecule has 11 rings (SSSR count). The van der Waals surface area contributed by atoms with Gasteiger partial charge in [-0.3, -0.25) is 0 Å². The number of halogens is 3. The lowest BCUT2D eigenvalue weighted by Gasteiger charge is -2.26. The van der Waals surface area contributed by atoms with Crippen molar-refractivity contribution in [3.05, 3.63) is 200 Å². The minimum absolute atomic E-state index is 0.432. The van der Waals surface area contributed by atoms with Crippen LogP contribution >= 0.6 is 11.3 Å². The van der Waals surface area contributed by atoms with Gasteiger partial charge in [-0.2, -0.15) is 21.6 Å². The molecule has 0 saturated heterocycles. The van der Waals surface area contributed by atoms with Crippen LogP contribution in [0.15, 0.2) is 205 Å². The number of fused-ring (bicyclic) bond motifs is 8. The van der Waals surface area contributed by atoms with Crippen molar-refractivity contribution >= 4 is 108 Å². The summed E-state index contributed by atoms with van der Waals surface area (Å²) in [6.45, 7) is 0. The minimum Gasteiger partial charge on any atom is -0.456 e. The van der Waals surface area contributed by atoms with E-state index in [1.807, 2.05) is 163 Å². The first-order valence-corrected chi connectivity index (χ1v) is 22.5. The van der Waals surface area contributed by atoms with Crippen LogP contribution in [0.25, 0.3) is 64.0 Å². The van der Waals surface area contributed by atoms with E-state index in [1.165, 1.54) is 23.5 Å². The van der Waals surface area contributed by atoms with Crippen molar-refractivity contribution in [3.8, 4) is 16.9 Å². The number of hydrogen-bond acceptors (Lipinski definition) is 7. The topological polar surface area (TPSA) is 63.0 Å². The number of benzene rings is 9. The molecule has 2 aromatic heterocycles. The summed E-state index contributed by atoms with van der Waals surface area (Å²) in [7, 11) is -6.05. The predicted octanol–water partition coefficient (Wildman–Crippen LogP) is 15.9. The SMILES string of the molecule is O=S(=O)(Oc1cc(N(c2ccccc2)c2ccccc2)c2sc3c(-c4ccc5oc6ccc7ccccc7c6c5c4)cc(N(c4ccccc4)c4ccccc4)cc3c2c1)C(F)(F)F. The third kappa shape index (κ3) is 6.77. The average Bonchev–Trinajstić information content (AvgIpc) is 3.88. The molecule has 0 unspecified atom stereocenters. The van der Waals surface area contributed by atoms with Crippen molar-refractivity contribution in [2.75, 3.05) is 9.80 Å². The molecule has 0 aliphatic heterocycles. The molecule has 6 nitrogen and oxygen atoms in total. The molecule has 0 atom stereocenters. The van der Waals surface area contributed by atoms with E-state index in [2.05, 4.69) is 35.2 Å². The van der Waals surface area contributed by atoms with Gasteiger partial charge < -0.3 is 18.4 Å². The van der Waals surface area contributed by atoms with Gasteiger partial charge in [0.25, 0.3) is 0 Å². The lowest BCUT2D eigenvalue weighted by Crippen LogP contribution is -2.28. The van der Waals surface area contributed by atoms with E-state index in [0.717, 1.165) is 65.6 Å². The molecule has 0 aliphatic rings. The molecule has 0 spiro atoms. The molecule has 0 fully saturated rings. The van der Waals surface area contributed by atoms with E-state index in [-0.39, 0.29) is 0 Å². The molecule has 0 amide bonds. The quantitative estimate of drug-likeness (QED) is 0.106. The average molecular weight is 883 g/mol. The van der Waals surface area contributed by atoms with Crippen LogP contribution in [0.2, 0.25) is 0 Å². The molecule has 64 heavy (non-hydrogen) atoms. The van der Waals surface area contributed by atoms with E-state index >= 15 is 0 Å². The van der Waals surface area contributed by atoms with Crippen LogP contribution in [0.1, 0.15) is 0 Å². The van der Waals surface area contributed by atoms with E-state index in [4.69, 9.17) is 8.60 Å². The fraction of sp³-hybridized carbons (Fsp3) is 0.0189. The lowest BCUT2D eigenvalue weighted by molar-refractivity contribution is -0.0500. The van der Waals surface area contributed by atoms with Crippen LogP contribution in [0, 0.1) is 0 Å². The highest BCUT2D eigenvalue weighted by Crippen LogP contribution is 2.52. The van der Waals surface area contributed by atoms with Crippen molar-refractivity contribution in [2.24, 2.45) is 0 Å². The Morgan fingerprint density at radius 3 is 1.64 bits per heavy atom. The maximum absolute atomic E-state index is 14.1. The lowest BCUT2D eigenvalue weighted by atomic mass is 9.97. The molecule has 0 saturated carbocycles. The third-order valence-electron chi connectivity index (χ3n) is 11.3. The zero-order chi connectivity index (χ0) is 43.6. The van der Waals surface area contributed by atoms with Gasteiger partial charge in [-0.25, -0.2) is 0 Å². The van der Waals surface area contributed by atoms with Gasteiger partial charge in [0.05, 0.1) is 10.4 Å². The molecule has 2 heterocycles.